The van der Waals surface area contributed by atoms with E-state index in [9.17, 15) is 0 Å². The van der Waals surface area contributed by atoms with Crippen LogP contribution in [-0.2, 0) is 4.74 Å². The molecule has 1 aromatic heterocycles. The number of nitrogens with one attached hydrogen (secondary N) is 1. The van der Waals surface area contributed by atoms with Crippen LogP contribution in [0, 0.1) is 0 Å². The molecule has 2 N–H and O–H groups in total. The van der Waals surface area contributed by atoms with Crippen molar-refractivity contribution in [1.29, 1.82) is 0 Å². The Bertz CT molecular complexity index is 201. The van der Waals surface area contributed by atoms with Gasteiger partial charge in [-0.25, -0.2) is 0 Å². The van der Waals surface area contributed by atoms with Gasteiger partial charge in [-0.1, -0.05) is 0 Å². The summed E-state index contributed by atoms with van der Waals surface area (Å²) < 4.78 is 5.01. The molecule has 0 aromatic carbocycles. The maximum atomic E-state index is 8.59. The highest BCUT2D eigenvalue weighted by molar-refractivity contribution is 5.13. The molecule has 13 heavy (non-hydrogen) atoms. The van der Waals surface area contributed by atoms with Crippen LogP contribution in [0.5, 0.6) is 5.75 Å². The van der Waals surface area contributed by atoms with Crippen molar-refractivity contribution in [3.05, 3.63) is 24.5 Å². The van der Waals surface area contributed by atoms with Gasteiger partial charge in [0, 0.05) is 25.5 Å². The Hall–Kier alpha value is -1.13. The van der Waals surface area contributed by atoms with E-state index in [2.05, 4.69) is 10.3 Å². The molecule has 0 saturated carbocycles. The van der Waals surface area contributed by atoms with Crippen LogP contribution in [0.3, 0.4) is 0 Å². The number of hydrogen-bond donors (Lipinski definition) is 2. The van der Waals surface area contributed by atoms with E-state index < -0.39 is 0 Å². The molecule has 2 rings (SSSR count). The largest absolute Gasteiger partial charge is 0.508 e. The number of rotatable bonds is 0. The highest BCUT2D eigenvalue weighted by atomic mass is 16.5. The van der Waals surface area contributed by atoms with Crippen LogP contribution in [-0.4, -0.2) is 36.4 Å². The molecule has 0 amide bonds. The van der Waals surface area contributed by atoms with Crippen LogP contribution >= 0.6 is 0 Å². The first-order valence-electron chi connectivity index (χ1n) is 4.27. The lowest BCUT2D eigenvalue weighted by Crippen LogP contribution is -2.30. The second-order valence-corrected chi connectivity index (χ2v) is 2.57. The molecule has 2 heterocycles. The van der Waals surface area contributed by atoms with Gasteiger partial charge >= 0.3 is 0 Å². The molecule has 1 fully saturated rings. The first kappa shape index (κ1) is 9.95. The Morgan fingerprint density at radius 3 is 2.08 bits per heavy atom. The first-order chi connectivity index (χ1) is 6.39. The zero-order valence-corrected chi connectivity index (χ0v) is 7.44. The first-order valence-corrected chi connectivity index (χ1v) is 4.27. The molecule has 0 unspecified atom stereocenters. The van der Waals surface area contributed by atoms with E-state index in [4.69, 9.17) is 9.84 Å². The van der Waals surface area contributed by atoms with E-state index in [1.54, 1.807) is 0 Å². The summed E-state index contributed by atoms with van der Waals surface area (Å²) in [6.45, 7) is 3.83. The SMILES string of the molecule is C1COCCN1.Oc1ccncc1. The van der Waals surface area contributed by atoms with E-state index >= 15 is 0 Å². The van der Waals surface area contributed by atoms with Gasteiger partial charge in [0.15, 0.2) is 0 Å². The number of hydrogen-bond acceptors (Lipinski definition) is 4. The van der Waals surface area contributed by atoms with E-state index in [0.717, 1.165) is 26.3 Å². The molecular formula is C9H14N2O2. The number of pyridine rings is 1. The fourth-order valence-electron chi connectivity index (χ4n) is 0.860. The van der Waals surface area contributed by atoms with Crippen molar-refractivity contribution >= 4 is 0 Å². The summed E-state index contributed by atoms with van der Waals surface area (Å²) in [6.07, 6.45) is 3.07. The predicted molar refractivity (Wildman–Crippen MR) is 49.6 cm³/mol. The van der Waals surface area contributed by atoms with Crippen LogP contribution in [0.2, 0.25) is 0 Å². The normalized spacial score (nSPS) is 15.7. The highest BCUT2D eigenvalue weighted by Crippen LogP contribution is 2.00. The third-order valence-electron chi connectivity index (χ3n) is 1.51. The maximum Gasteiger partial charge on any atom is 0.118 e. The molecule has 1 aromatic rings. The second kappa shape index (κ2) is 6.39. The topological polar surface area (TPSA) is 54.4 Å². The minimum atomic E-state index is 0.259. The van der Waals surface area contributed by atoms with Crippen molar-refractivity contribution in [2.24, 2.45) is 0 Å². The average molecular weight is 182 g/mol. The van der Waals surface area contributed by atoms with Gasteiger partial charge in [0.25, 0.3) is 0 Å². The van der Waals surface area contributed by atoms with Gasteiger partial charge in [0.1, 0.15) is 5.75 Å². The lowest BCUT2D eigenvalue weighted by molar-refractivity contribution is 0.109. The number of ether oxygens (including phenoxy) is 1. The van der Waals surface area contributed by atoms with Gasteiger partial charge in [-0.2, -0.15) is 0 Å². The molecule has 0 atom stereocenters. The van der Waals surface area contributed by atoms with Crippen molar-refractivity contribution in [2.45, 2.75) is 0 Å². The molecule has 1 aliphatic rings. The van der Waals surface area contributed by atoms with Crippen LogP contribution < -0.4 is 5.32 Å². The van der Waals surface area contributed by atoms with E-state index in [-0.39, 0.29) is 5.75 Å². The molecule has 0 spiro atoms. The molecule has 0 radical (unpaired) electrons. The number of nitrogens with zero attached hydrogens (tertiary/aromatic N) is 1. The molecule has 0 bridgehead atoms. The highest BCUT2D eigenvalue weighted by Gasteiger charge is 1.92. The lowest BCUT2D eigenvalue weighted by Gasteiger charge is -2.10. The fraction of sp³-hybridized carbons (Fsp3) is 0.444. The molecule has 72 valence electrons. The zero-order valence-electron chi connectivity index (χ0n) is 7.44. The minimum Gasteiger partial charge on any atom is -0.508 e. The number of morpholine rings is 1. The summed E-state index contributed by atoms with van der Waals surface area (Å²) in [6, 6.07) is 3.06. The maximum absolute atomic E-state index is 8.59. The van der Waals surface area contributed by atoms with Gasteiger partial charge < -0.3 is 15.2 Å². The second-order valence-electron chi connectivity index (χ2n) is 2.57. The third kappa shape index (κ3) is 5.16. The Morgan fingerprint density at radius 1 is 1.23 bits per heavy atom. The van der Waals surface area contributed by atoms with E-state index in [1.807, 2.05) is 0 Å². The summed E-state index contributed by atoms with van der Waals surface area (Å²) >= 11 is 0. The Labute approximate surface area is 77.6 Å². The monoisotopic (exact) mass is 182 g/mol. The van der Waals surface area contributed by atoms with Gasteiger partial charge in [0.2, 0.25) is 0 Å². The molecule has 4 heteroatoms. The van der Waals surface area contributed by atoms with Crippen molar-refractivity contribution in [3.63, 3.8) is 0 Å². The third-order valence-corrected chi connectivity index (χ3v) is 1.51. The Balaban J connectivity index is 0.000000132. The molecule has 0 aliphatic carbocycles. The zero-order chi connectivity index (χ0) is 9.36. The number of aromatic nitrogens is 1. The quantitative estimate of drug-likeness (QED) is 0.609. The summed E-state index contributed by atoms with van der Waals surface area (Å²) in [5, 5.41) is 11.8. The van der Waals surface area contributed by atoms with Crippen molar-refractivity contribution in [1.82, 2.24) is 10.3 Å². The van der Waals surface area contributed by atoms with Crippen molar-refractivity contribution in [3.8, 4) is 5.75 Å². The molecular weight excluding hydrogens is 168 g/mol. The minimum absolute atomic E-state index is 0.259. The van der Waals surface area contributed by atoms with Gasteiger partial charge in [-0.15, -0.1) is 0 Å². The molecule has 1 aliphatic heterocycles. The summed E-state index contributed by atoms with van der Waals surface area (Å²) in [5.74, 6) is 0.259. The van der Waals surface area contributed by atoms with E-state index in [0.29, 0.717) is 0 Å². The van der Waals surface area contributed by atoms with Crippen molar-refractivity contribution in [2.75, 3.05) is 26.3 Å². The smallest absolute Gasteiger partial charge is 0.118 e. The van der Waals surface area contributed by atoms with Gasteiger partial charge in [-0.3, -0.25) is 4.98 Å². The molecule has 4 nitrogen and oxygen atoms in total. The average Bonchev–Trinajstić information content (AvgIpc) is 2.22. The Morgan fingerprint density at radius 2 is 1.85 bits per heavy atom. The van der Waals surface area contributed by atoms with Gasteiger partial charge in [-0.05, 0) is 12.1 Å². The fourth-order valence-corrected chi connectivity index (χ4v) is 0.860. The standard InChI is InChI=1S/C5H5NO.C4H9NO/c7-5-1-3-6-4-2-5;1-3-6-4-2-5-1/h1-4H,(H,6,7);5H,1-4H2. The van der Waals surface area contributed by atoms with Crippen LogP contribution in [0.25, 0.3) is 0 Å². The predicted octanol–water partition coefficient (Wildman–Crippen LogP) is 0.393. The molecule has 1 saturated heterocycles. The lowest BCUT2D eigenvalue weighted by atomic mass is 10.5. The Kier molecular flexibility index (Phi) is 4.90. The number of aromatic hydroxyl groups is 1. The summed E-state index contributed by atoms with van der Waals surface area (Å²) in [7, 11) is 0. The van der Waals surface area contributed by atoms with Gasteiger partial charge in [0.05, 0.1) is 13.2 Å². The van der Waals surface area contributed by atoms with Crippen LogP contribution in [0.4, 0.5) is 0 Å². The van der Waals surface area contributed by atoms with Crippen LogP contribution in [0.1, 0.15) is 0 Å². The van der Waals surface area contributed by atoms with Crippen LogP contribution in [0.15, 0.2) is 24.5 Å². The van der Waals surface area contributed by atoms with Crippen molar-refractivity contribution < 1.29 is 9.84 Å². The summed E-state index contributed by atoms with van der Waals surface area (Å²) in [4.78, 5) is 3.69. The summed E-state index contributed by atoms with van der Waals surface area (Å²) in [5.41, 5.74) is 0. The van der Waals surface area contributed by atoms with E-state index in [1.165, 1.54) is 24.5 Å².